The number of hydrogen-bond donors (Lipinski definition) is 2. The first kappa shape index (κ1) is 8.26. The molecule has 0 unspecified atom stereocenters. The third kappa shape index (κ3) is 1.12. The molecule has 0 bridgehead atoms. The highest BCUT2D eigenvalue weighted by Crippen LogP contribution is 2.36. The lowest BCUT2D eigenvalue weighted by molar-refractivity contribution is 0.417. The number of methoxy groups -OCH3 is 1. The zero-order chi connectivity index (χ0) is 9.42. The third-order valence-corrected chi connectivity index (χ3v) is 2.28. The van der Waals surface area contributed by atoms with Gasteiger partial charge in [0.1, 0.15) is 5.69 Å². The summed E-state index contributed by atoms with van der Waals surface area (Å²) in [6, 6.07) is 3.74. The van der Waals surface area contributed by atoms with Crippen molar-refractivity contribution in [1.29, 1.82) is 0 Å². The Morgan fingerprint density at radius 1 is 1.54 bits per heavy atom. The number of nitrogens with one attached hydrogen (secondary N) is 1. The van der Waals surface area contributed by atoms with Crippen LogP contribution < -0.4 is 10.5 Å². The number of aromatic nitrogens is 1. The largest absolute Gasteiger partial charge is 0.493 e. The summed E-state index contributed by atoms with van der Waals surface area (Å²) in [6.45, 7) is 0. The standard InChI is InChI=1S/C9H9ClN2O/c1-13-9-6(10)4-5-2-3-12-8(5)7(9)11/h2-4,12H,11H2,1H3. The first-order valence-electron chi connectivity index (χ1n) is 3.83. The van der Waals surface area contributed by atoms with E-state index < -0.39 is 0 Å². The first-order chi connectivity index (χ1) is 6.24. The van der Waals surface area contributed by atoms with Crippen LogP contribution in [-0.4, -0.2) is 12.1 Å². The van der Waals surface area contributed by atoms with E-state index in [9.17, 15) is 0 Å². The molecule has 2 aromatic rings. The van der Waals surface area contributed by atoms with Crippen LogP contribution in [0.2, 0.25) is 5.02 Å². The van der Waals surface area contributed by atoms with Crippen LogP contribution in [0.1, 0.15) is 0 Å². The molecule has 0 saturated carbocycles. The summed E-state index contributed by atoms with van der Waals surface area (Å²) in [5.41, 5.74) is 7.25. The van der Waals surface area contributed by atoms with E-state index in [1.54, 1.807) is 7.11 Å². The molecule has 68 valence electrons. The molecular formula is C9H9ClN2O. The summed E-state index contributed by atoms with van der Waals surface area (Å²) in [5.74, 6) is 0.525. The number of rotatable bonds is 1. The van der Waals surface area contributed by atoms with E-state index in [1.165, 1.54) is 0 Å². The molecule has 0 saturated heterocycles. The van der Waals surface area contributed by atoms with Gasteiger partial charge < -0.3 is 15.5 Å². The number of ether oxygens (including phenoxy) is 1. The molecule has 0 radical (unpaired) electrons. The average Bonchev–Trinajstić information content (AvgIpc) is 2.53. The molecule has 1 heterocycles. The number of hydrogen-bond acceptors (Lipinski definition) is 2. The fourth-order valence-electron chi connectivity index (χ4n) is 1.39. The van der Waals surface area contributed by atoms with Crippen molar-refractivity contribution in [3.63, 3.8) is 0 Å². The van der Waals surface area contributed by atoms with Crippen LogP contribution in [0.4, 0.5) is 5.69 Å². The van der Waals surface area contributed by atoms with Gasteiger partial charge in [-0.15, -0.1) is 0 Å². The minimum absolute atomic E-state index is 0.525. The van der Waals surface area contributed by atoms with Crippen LogP contribution in [0.25, 0.3) is 10.9 Å². The van der Waals surface area contributed by atoms with E-state index in [0.717, 1.165) is 10.9 Å². The van der Waals surface area contributed by atoms with Gasteiger partial charge in [-0.25, -0.2) is 0 Å². The van der Waals surface area contributed by atoms with Crippen molar-refractivity contribution in [3.05, 3.63) is 23.4 Å². The minimum atomic E-state index is 0.525. The Kier molecular flexibility index (Phi) is 1.81. The van der Waals surface area contributed by atoms with Gasteiger partial charge in [0.05, 0.1) is 17.6 Å². The van der Waals surface area contributed by atoms with E-state index in [0.29, 0.717) is 16.5 Å². The van der Waals surface area contributed by atoms with Gasteiger partial charge in [0.25, 0.3) is 0 Å². The zero-order valence-corrected chi connectivity index (χ0v) is 7.85. The number of fused-ring (bicyclic) bond motifs is 1. The minimum Gasteiger partial charge on any atom is -0.493 e. The molecule has 0 amide bonds. The Balaban J connectivity index is 2.85. The van der Waals surface area contributed by atoms with Crippen molar-refractivity contribution >= 4 is 28.2 Å². The van der Waals surface area contributed by atoms with Gasteiger partial charge in [0, 0.05) is 11.6 Å². The summed E-state index contributed by atoms with van der Waals surface area (Å²) in [5, 5.41) is 1.52. The monoisotopic (exact) mass is 196 g/mol. The fourth-order valence-corrected chi connectivity index (χ4v) is 1.68. The van der Waals surface area contributed by atoms with Crippen molar-refractivity contribution in [2.45, 2.75) is 0 Å². The maximum atomic E-state index is 5.95. The molecule has 13 heavy (non-hydrogen) atoms. The number of nitrogens with two attached hydrogens (primary N) is 1. The molecule has 3 nitrogen and oxygen atoms in total. The van der Waals surface area contributed by atoms with Crippen LogP contribution in [0.15, 0.2) is 18.3 Å². The first-order valence-corrected chi connectivity index (χ1v) is 4.21. The van der Waals surface area contributed by atoms with Gasteiger partial charge in [0.15, 0.2) is 5.75 Å². The van der Waals surface area contributed by atoms with Crippen molar-refractivity contribution < 1.29 is 4.74 Å². The quantitative estimate of drug-likeness (QED) is 0.689. The summed E-state index contributed by atoms with van der Waals surface area (Å²) < 4.78 is 5.08. The van der Waals surface area contributed by atoms with E-state index in [4.69, 9.17) is 22.1 Å². The number of aromatic amines is 1. The van der Waals surface area contributed by atoms with Crippen LogP contribution in [0, 0.1) is 0 Å². The van der Waals surface area contributed by atoms with Crippen LogP contribution in [0.5, 0.6) is 5.75 Å². The highest BCUT2D eigenvalue weighted by atomic mass is 35.5. The molecule has 0 aliphatic heterocycles. The normalized spacial score (nSPS) is 10.6. The van der Waals surface area contributed by atoms with Crippen molar-refractivity contribution in [1.82, 2.24) is 4.98 Å². The van der Waals surface area contributed by atoms with E-state index in [1.807, 2.05) is 18.3 Å². The summed E-state index contributed by atoms with van der Waals surface area (Å²) in [4.78, 5) is 3.03. The Bertz CT molecular complexity index is 450. The third-order valence-electron chi connectivity index (χ3n) is 2.00. The average molecular weight is 197 g/mol. The maximum Gasteiger partial charge on any atom is 0.162 e. The summed E-state index contributed by atoms with van der Waals surface area (Å²) in [6.07, 6.45) is 1.82. The lowest BCUT2D eigenvalue weighted by Crippen LogP contribution is -1.94. The lowest BCUT2D eigenvalue weighted by Gasteiger charge is -2.07. The molecule has 1 aromatic heterocycles. The zero-order valence-electron chi connectivity index (χ0n) is 7.10. The number of halogens is 1. The molecule has 0 aliphatic carbocycles. The Hall–Kier alpha value is -1.35. The second kappa shape index (κ2) is 2.85. The topological polar surface area (TPSA) is 51.0 Å². The molecule has 3 N–H and O–H groups in total. The molecule has 4 heteroatoms. The van der Waals surface area contributed by atoms with Crippen molar-refractivity contribution in [3.8, 4) is 5.75 Å². The highest BCUT2D eigenvalue weighted by molar-refractivity contribution is 6.33. The smallest absolute Gasteiger partial charge is 0.162 e. The number of nitrogen functional groups attached to an aromatic ring is 1. The second-order valence-corrected chi connectivity index (χ2v) is 3.15. The van der Waals surface area contributed by atoms with Gasteiger partial charge >= 0.3 is 0 Å². The SMILES string of the molecule is COc1c(Cl)cc2cc[nH]c2c1N. The molecule has 2 rings (SSSR count). The van der Waals surface area contributed by atoms with Gasteiger partial charge in [0.2, 0.25) is 0 Å². The number of anilines is 1. The second-order valence-electron chi connectivity index (χ2n) is 2.75. The summed E-state index contributed by atoms with van der Waals surface area (Å²) in [7, 11) is 1.55. The number of H-pyrrole nitrogens is 1. The number of benzene rings is 1. The van der Waals surface area contributed by atoms with E-state index >= 15 is 0 Å². The Labute approximate surface area is 80.4 Å². The molecule has 1 aromatic carbocycles. The van der Waals surface area contributed by atoms with Crippen LogP contribution in [-0.2, 0) is 0 Å². The molecule has 0 aliphatic rings. The van der Waals surface area contributed by atoms with Gasteiger partial charge in [-0.2, -0.15) is 0 Å². The van der Waals surface area contributed by atoms with E-state index in [2.05, 4.69) is 4.98 Å². The van der Waals surface area contributed by atoms with Crippen molar-refractivity contribution in [2.75, 3.05) is 12.8 Å². The van der Waals surface area contributed by atoms with Crippen molar-refractivity contribution in [2.24, 2.45) is 0 Å². The van der Waals surface area contributed by atoms with Gasteiger partial charge in [-0.3, -0.25) is 0 Å². The maximum absolute atomic E-state index is 5.95. The fraction of sp³-hybridized carbons (Fsp3) is 0.111. The van der Waals surface area contributed by atoms with Crippen LogP contribution >= 0.6 is 11.6 Å². The van der Waals surface area contributed by atoms with Gasteiger partial charge in [-0.05, 0) is 12.1 Å². The van der Waals surface area contributed by atoms with E-state index in [-0.39, 0.29) is 0 Å². The lowest BCUT2D eigenvalue weighted by atomic mass is 10.2. The summed E-state index contributed by atoms with van der Waals surface area (Å²) >= 11 is 5.95. The molecule has 0 atom stereocenters. The Morgan fingerprint density at radius 3 is 3.00 bits per heavy atom. The Morgan fingerprint density at radius 2 is 2.31 bits per heavy atom. The van der Waals surface area contributed by atoms with Crippen LogP contribution in [0.3, 0.4) is 0 Å². The molecule has 0 fully saturated rings. The predicted octanol–water partition coefficient (Wildman–Crippen LogP) is 2.41. The predicted molar refractivity (Wildman–Crippen MR) is 54.3 cm³/mol. The highest BCUT2D eigenvalue weighted by Gasteiger charge is 2.10. The molecule has 0 spiro atoms. The molecular weight excluding hydrogens is 188 g/mol. The van der Waals surface area contributed by atoms with Gasteiger partial charge in [-0.1, -0.05) is 11.6 Å².